The quantitative estimate of drug-likeness (QED) is 0.751. The first kappa shape index (κ1) is 11.9. The molecule has 1 atom stereocenters. The van der Waals surface area contributed by atoms with E-state index in [1.807, 2.05) is 37.3 Å². The first-order valence-electron chi connectivity index (χ1n) is 5.76. The molecular weight excluding hydrogens is 216 g/mol. The fourth-order valence-corrected chi connectivity index (χ4v) is 2.13. The molecule has 0 aromatic heterocycles. The second kappa shape index (κ2) is 5.15. The lowest BCUT2D eigenvalue weighted by molar-refractivity contribution is -0.136. The zero-order valence-corrected chi connectivity index (χ0v) is 10.1. The third kappa shape index (κ3) is 2.24. The van der Waals surface area contributed by atoms with Crippen LogP contribution in [0.4, 0.5) is 0 Å². The molecule has 1 aromatic rings. The Morgan fingerprint density at radius 3 is 2.71 bits per heavy atom. The van der Waals surface area contributed by atoms with E-state index in [9.17, 15) is 4.79 Å². The predicted octanol–water partition coefficient (Wildman–Crippen LogP) is 2.42. The average molecular weight is 232 g/mol. The molecule has 2 rings (SSSR count). The Bertz CT molecular complexity index is 434. The number of carbonyl (C=O) groups excluding carboxylic acids is 1. The molecule has 1 aliphatic heterocycles. The van der Waals surface area contributed by atoms with Crippen LogP contribution in [0.5, 0.6) is 0 Å². The van der Waals surface area contributed by atoms with E-state index in [0.717, 1.165) is 17.6 Å². The molecule has 0 saturated heterocycles. The summed E-state index contributed by atoms with van der Waals surface area (Å²) in [5.41, 5.74) is 2.66. The van der Waals surface area contributed by atoms with Crippen LogP contribution in [-0.2, 0) is 14.3 Å². The fraction of sp³-hybridized carbons (Fsp3) is 0.357. The lowest BCUT2D eigenvalue weighted by atomic mass is 9.96. The number of hydrogen-bond acceptors (Lipinski definition) is 3. The average Bonchev–Trinajstić information content (AvgIpc) is 2.82. The van der Waals surface area contributed by atoms with Crippen LogP contribution in [0.2, 0.25) is 0 Å². The summed E-state index contributed by atoms with van der Waals surface area (Å²) in [5.74, 6) is -0.292. The van der Waals surface area contributed by atoms with Crippen LogP contribution < -0.4 is 0 Å². The standard InChI is InChI=1S/C14H16O3/c1-3-12-13(10-7-5-4-6-8-10)11(9-17-12)14(15)16-2/h4-8,12H,3,9H2,1-2H3. The van der Waals surface area contributed by atoms with Crippen LogP contribution in [0.1, 0.15) is 18.9 Å². The summed E-state index contributed by atoms with van der Waals surface area (Å²) in [7, 11) is 1.40. The number of carbonyl (C=O) groups is 1. The van der Waals surface area contributed by atoms with Gasteiger partial charge in [0.1, 0.15) is 0 Å². The lowest BCUT2D eigenvalue weighted by Crippen LogP contribution is -2.08. The minimum Gasteiger partial charge on any atom is -0.466 e. The summed E-state index contributed by atoms with van der Waals surface area (Å²) in [5, 5.41) is 0. The van der Waals surface area contributed by atoms with Gasteiger partial charge in [0.2, 0.25) is 0 Å². The van der Waals surface area contributed by atoms with Crippen LogP contribution >= 0.6 is 0 Å². The molecule has 1 heterocycles. The van der Waals surface area contributed by atoms with Gasteiger partial charge in [0.15, 0.2) is 0 Å². The summed E-state index contributed by atoms with van der Waals surface area (Å²) in [4.78, 5) is 11.7. The summed E-state index contributed by atoms with van der Waals surface area (Å²) in [6.45, 7) is 2.39. The highest BCUT2D eigenvalue weighted by Gasteiger charge is 2.30. The summed E-state index contributed by atoms with van der Waals surface area (Å²) in [6.07, 6.45) is 0.844. The third-order valence-electron chi connectivity index (χ3n) is 2.96. The first-order valence-corrected chi connectivity index (χ1v) is 5.76. The number of esters is 1. The van der Waals surface area contributed by atoms with Crippen LogP contribution in [0.3, 0.4) is 0 Å². The largest absolute Gasteiger partial charge is 0.466 e. The Morgan fingerprint density at radius 1 is 1.41 bits per heavy atom. The number of benzene rings is 1. The van der Waals surface area contributed by atoms with E-state index in [4.69, 9.17) is 9.47 Å². The number of hydrogen-bond donors (Lipinski definition) is 0. The van der Waals surface area contributed by atoms with E-state index in [1.54, 1.807) is 0 Å². The maximum Gasteiger partial charge on any atom is 0.336 e. The smallest absolute Gasteiger partial charge is 0.336 e. The number of methoxy groups -OCH3 is 1. The molecule has 1 aromatic carbocycles. The molecule has 0 saturated carbocycles. The maximum atomic E-state index is 11.7. The molecule has 0 radical (unpaired) electrons. The molecule has 90 valence electrons. The van der Waals surface area contributed by atoms with Gasteiger partial charge < -0.3 is 9.47 Å². The van der Waals surface area contributed by atoms with E-state index in [-0.39, 0.29) is 12.1 Å². The van der Waals surface area contributed by atoms with Crippen molar-refractivity contribution in [1.82, 2.24) is 0 Å². The van der Waals surface area contributed by atoms with Crippen LogP contribution in [-0.4, -0.2) is 25.8 Å². The minimum atomic E-state index is -0.292. The maximum absolute atomic E-state index is 11.7. The van der Waals surface area contributed by atoms with Crippen molar-refractivity contribution in [3.63, 3.8) is 0 Å². The predicted molar refractivity (Wildman–Crippen MR) is 65.4 cm³/mol. The van der Waals surface area contributed by atoms with Gasteiger partial charge in [-0.05, 0) is 12.0 Å². The molecule has 0 bridgehead atoms. The molecule has 0 spiro atoms. The Balaban J connectivity index is 2.46. The van der Waals surface area contributed by atoms with Crippen molar-refractivity contribution in [3.05, 3.63) is 41.5 Å². The monoisotopic (exact) mass is 232 g/mol. The van der Waals surface area contributed by atoms with Crippen molar-refractivity contribution in [1.29, 1.82) is 0 Å². The first-order chi connectivity index (χ1) is 8.27. The topological polar surface area (TPSA) is 35.5 Å². The normalized spacial score (nSPS) is 19.5. The highest BCUT2D eigenvalue weighted by Crippen LogP contribution is 2.32. The van der Waals surface area contributed by atoms with Crippen LogP contribution in [0, 0.1) is 0 Å². The lowest BCUT2D eigenvalue weighted by Gasteiger charge is -2.12. The van der Waals surface area contributed by atoms with Gasteiger partial charge in [-0.3, -0.25) is 0 Å². The van der Waals surface area contributed by atoms with Crippen molar-refractivity contribution in [2.24, 2.45) is 0 Å². The van der Waals surface area contributed by atoms with Crippen molar-refractivity contribution in [3.8, 4) is 0 Å². The van der Waals surface area contributed by atoms with Gasteiger partial charge in [0, 0.05) is 5.57 Å². The molecule has 0 amide bonds. The van der Waals surface area contributed by atoms with Crippen LogP contribution in [0.25, 0.3) is 5.57 Å². The van der Waals surface area contributed by atoms with E-state index < -0.39 is 0 Å². The Labute approximate surface area is 101 Å². The zero-order valence-electron chi connectivity index (χ0n) is 10.1. The van der Waals surface area contributed by atoms with E-state index in [2.05, 4.69) is 0 Å². The van der Waals surface area contributed by atoms with Crippen molar-refractivity contribution in [2.45, 2.75) is 19.4 Å². The molecule has 1 aliphatic rings. The molecule has 0 fully saturated rings. The Kier molecular flexibility index (Phi) is 3.59. The summed E-state index contributed by atoms with van der Waals surface area (Å²) >= 11 is 0. The SMILES string of the molecule is CCC1OCC(C(=O)OC)=C1c1ccccc1. The number of ether oxygens (including phenoxy) is 2. The van der Waals surface area contributed by atoms with Crippen molar-refractivity contribution < 1.29 is 14.3 Å². The Morgan fingerprint density at radius 2 is 2.12 bits per heavy atom. The van der Waals surface area contributed by atoms with E-state index >= 15 is 0 Å². The summed E-state index contributed by atoms with van der Waals surface area (Å²) < 4.78 is 10.4. The molecule has 3 heteroatoms. The molecular formula is C14H16O3. The highest BCUT2D eigenvalue weighted by molar-refractivity contribution is 5.99. The zero-order chi connectivity index (χ0) is 12.3. The highest BCUT2D eigenvalue weighted by atomic mass is 16.5. The van der Waals surface area contributed by atoms with Gasteiger partial charge in [-0.15, -0.1) is 0 Å². The third-order valence-corrected chi connectivity index (χ3v) is 2.96. The van der Waals surface area contributed by atoms with Gasteiger partial charge in [0.25, 0.3) is 0 Å². The van der Waals surface area contributed by atoms with Gasteiger partial charge >= 0.3 is 5.97 Å². The fourth-order valence-electron chi connectivity index (χ4n) is 2.13. The van der Waals surface area contributed by atoms with E-state index in [0.29, 0.717) is 12.2 Å². The molecule has 3 nitrogen and oxygen atoms in total. The molecule has 1 unspecified atom stereocenters. The second-order valence-electron chi connectivity index (χ2n) is 3.96. The second-order valence-corrected chi connectivity index (χ2v) is 3.96. The van der Waals surface area contributed by atoms with Crippen LogP contribution in [0.15, 0.2) is 35.9 Å². The molecule has 17 heavy (non-hydrogen) atoms. The van der Waals surface area contributed by atoms with Crippen molar-refractivity contribution in [2.75, 3.05) is 13.7 Å². The minimum absolute atomic E-state index is 0.00787. The van der Waals surface area contributed by atoms with Gasteiger partial charge in [-0.2, -0.15) is 0 Å². The van der Waals surface area contributed by atoms with Gasteiger partial charge in [0.05, 0.1) is 25.4 Å². The van der Waals surface area contributed by atoms with Gasteiger partial charge in [-0.1, -0.05) is 37.3 Å². The molecule has 0 N–H and O–H groups in total. The van der Waals surface area contributed by atoms with Gasteiger partial charge in [-0.25, -0.2) is 4.79 Å². The number of rotatable bonds is 3. The molecule has 0 aliphatic carbocycles. The van der Waals surface area contributed by atoms with E-state index in [1.165, 1.54) is 7.11 Å². The van der Waals surface area contributed by atoms with Crippen molar-refractivity contribution >= 4 is 11.5 Å². The Hall–Kier alpha value is -1.61. The summed E-state index contributed by atoms with van der Waals surface area (Å²) in [6, 6.07) is 9.87.